The van der Waals surface area contributed by atoms with Gasteiger partial charge in [-0.05, 0) is 38.5 Å². The number of aromatic nitrogens is 2. The van der Waals surface area contributed by atoms with Gasteiger partial charge in [-0.1, -0.05) is 48.0 Å². The number of carbonyl (C=O) groups excluding carboxylic acids is 2. The van der Waals surface area contributed by atoms with Crippen molar-refractivity contribution in [2.45, 2.75) is 39.9 Å². The molecule has 0 unspecified atom stereocenters. The molecule has 7 heteroatoms. The molecule has 0 saturated heterocycles. The van der Waals surface area contributed by atoms with Crippen molar-refractivity contribution in [3.63, 3.8) is 0 Å². The zero-order valence-electron chi connectivity index (χ0n) is 17.3. The van der Waals surface area contributed by atoms with Crippen molar-refractivity contribution in [3.8, 4) is 22.6 Å². The molecule has 0 radical (unpaired) electrons. The molecule has 3 aromatic rings. The van der Waals surface area contributed by atoms with Crippen LogP contribution in [0.15, 0.2) is 48.5 Å². The molecule has 0 spiro atoms. The predicted molar refractivity (Wildman–Crippen MR) is 115 cm³/mol. The van der Waals surface area contributed by atoms with Gasteiger partial charge in [0.05, 0.1) is 0 Å². The van der Waals surface area contributed by atoms with E-state index in [1.54, 1.807) is 24.3 Å². The number of rotatable bonds is 5. The molecular formula is C23H23ClN2O4. The Bertz CT molecular complexity index is 1050. The minimum absolute atomic E-state index is 0.201. The number of esters is 2. The first-order chi connectivity index (χ1) is 14.1. The van der Waals surface area contributed by atoms with Crippen molar-refractivity contribution in [2.75, 3.05) is 0 Å². The number of ether oxygens (including phenoxy) is 2. The second-order valence-corrected chi connectivity index (χ2v) is 8.23. The van der Waals surface area contributed by atoms with Crippen molar-refractivity contribution in [3.05, 3.63) is 64.8 Å². The molecule has 1 heterocycles. The fourth-order valence-corrected chi connectivity index (χ4v) is 2.87. The monoisotopic (exact) mass is 426 g/mol. The smallest absolute Gasteiger partial charge is 0.357 e. The van der Waals surface area contributed by atoms with E-state index in [2.05, 4.69) is 9.97 Å². The van der Waals surface area contributed by atoms with Gasteiger partial charge in [-0.3, -0.25) is 4.79 Å². The fraction of sp³-hybridized carbons (Fsp3) is 0.261. The summed E-state index contributed by atoms with van der Waals surface area (Å²) >= 11 is 6.00. The Morgan fingerprint density at radius 2 is 1.60 bits per heavy atom. The molecule has 0 amide bonds. The lowest BCUT2D eigenvalue weighted by molar-refractivity contribution is -0.142. The van der Waals surface area contributed by atoms with Gasteiger partial charge in [-0.2, -0.15) is 0 Å². The van der Waals surface area contributed by atoms with E-state index in [4.69, 9.17) is 21.1 Å². The Morgan fingerprint density at radius 1 is 1.00 bits per heavy atom. The molecule has 156 valence electrons. The summed E-state index contributed by atoms with van der Waals surface area (Å²) in [6.45, 7) is 7.00. The van der Waals surface area contributed by atoms with Crippen LogP contribution in [-0.2, 0) is 20.9 Å². The lowest BCUT2D eigenvalue weighted by Gasteiger charge is -2.19. The topological polar surface area (TPSA) is 81.3 Å². The molecular weight excluding hydrogens is 404 g/mol. The number of aromatic amines is 1. The number of hydrogen-bond donors (Lipinski definition) is 1. The first-order valence-corrected chi connectivity index (χ1v) is 9.82. The van der Waals surface area contributed by atoms with Crippen LogP contribution in [0.3, 0.4) is 0 Å². The molecule has 0 aliphatic heterocycles. The third-order valence-corrected chi connectivity index (χ3v) is 4.35. The lowest BCUT2D eigenvalue weighted by atomic mass is 10.1. The number of imidazole rings is 1. The average Bonchev–Trinajstić information content (AvgIpc) is 3.11. The van der Waals surface area contributed by atoms with Crippen LogP contribution in [0.5, 0.6) is 0 Å². The number of benzene rings is 2. The van der Waals surface area contributed by atoms with Crippen LogP contribution in [0, 0.1) is 0 Å². The Labute approximate surface area is 180 Å². The molecule has 0 aliphatic rings. The summed E-state index contributed by atoms with van der Waals surface area (Å²) in [6.07, 6.45) is 0. The van der Waals surface area contributed by atoms with Gasteiger partial charge in [-0.15, -0.1) is 0 Å². The van der Waals surface area contributed by atoms with Crippen LogP contribution in [0.4, 0.5) is 0 Å². The summed E-state index contributed by atoms with van der Waals surface area (Å²) in [5, 5.41) is 0.594. The number of halogens is 1. The van der Waals surface area contributed by atoms with E-state index in [1.807, 2.05) is 45.0 Å². The first-order valence-electron chi connectivity index (χ1n) is 9.44. The molecule has 2 aromatic carbocycles. The van der Waals surface area contributed by atoms with Crippen LogP contribution in [0.25, 0.3) is 22.6 Å². The zero-order valence-corrected chi connectivity index (χ0v) is 18.0. The lowest BCUT2D eigenvalue weighted by Crippen LogP contribution is -2.24. The zero-order chi connectivity index (χ0) is 21.9. The van der Waals surface area contributed by atoms with Crippen molar-refractivity contribution < 1.29 is 19.1 Å². The fourth-order valence-electron chi connectivity index (χ4n) is 2.75. The second kappa shape index (κ2) is 8.71. The van der Waals surface area contributed by atoms with Gasteiger partial charge >= 0.3 is 11.9 Å². The normalized spacial score (nSPS) is 11.2. The summed E-state index contributed by atoms with van der Waals surface area (Å²) in [4.78, 5) is 31.5. The first kappa shape index (κ1) is 21.6. The molecule has 1 aromatic heterocycles. The van der Waals surface area contributed by atoms with Gasteiger partial charge in [0.15, 0.2) is 5.69 Å². The largest absolute Gasteiger partial charge is 0.461 e. The third kappa shape index (κ3) is 5.48. The van der Waals surface area contributed by atoms with Gasteiger partial charge in [0.1, 0.15) is 23.7 Å². The Balaban J connectivity index is 1.97. The Hall–Kier alpha value is -3.12. The van der Waals surface area contributed by atoms with Crippen molar-refractivity contribution in [2.24, 2.45) is 0 Å². The highest BCUT2D eigenvalue weighted by molar-refractivity contribution is 6.30. The minimum atomic E-state index is -0.641. The molecule has 3 rings (SSSR count). The van der Waals surface area contributed by atoms with E-state index in [9.17, 15) is 9.59 Å². The summed E-state index contributed by atoms with van der Waals surface area (Å²) < 4.78 is 10.6. The van der Waals surface area contributed by atoms with Gasteiger partial charge in [0.25, 0.3) is 0 Å². The molecule has 0 fully saturated rings. The van der Waals surface area contributed by atoms with E-state index >= 15 is 0 Å². The highest BCUT2D eigenvalue weighted by atomic mass is 35.5. The van der Waals surface area contributed by atoms with Gasteiger partial charge in [0, 0.05) is 23.1 Å². The molecule has 0 saturated carbocycles. The Kier molecular flexibility index (Phi) is 6.27. The second-order valence-electron chi connectivity index (χ2n) is 7.79. The molecule has 1 N–H and O–H groups in total. The number of nitrogens with one attached hydrogen (secondary N) is 1. The van der Waals surface area contributed by atoms with Gasteiger partial charge in [0.2, 0.25) is 0 Å². The van der Waals surface area contributed by atoms with Crippen molar-refractivity contribution >= 4 is 23.5 Å². The van der Waals surface area contributed by atoms with Crippen LogP contribution >= 0.6 is 11.6 Å². The summed E-state index contributed by atoms with van der Waals surface area (Å²) in [6, 6.07) is 14.5. The maximum Gasteiger partial charge on any atom is 0.357 e. The Morgan fingerprint density at radius 3 is 2.17 bits per heavy atom. The van der Waals surface area contributed by atoms with E-state index in [0.717, 1.165) is 16.7 Å². The average molecular weight is 427 g/mol. The van der Waals surface area contributed by atoms with Crippen LogP contribution in [-0.4, -0.2) is 27.5 Å². The maximum atomic E-state index is 12.8. The van der Waals surface area contributed by atoms with E-state index in [1.165, 1.54) is 6.92 Å². The van der Waals surface area contributed by atoms with Gasteiger partial charge in [-0.25, -0.2) is 9.78 Å². The predicted octanol–water partition coefficient (Wildman–Crippen LogP) is 5.42. The van der Waals surface area contributed by atoms with Crippen LogP contribution in [0.1, 0.15) is 43.7 Å². The number of hydrogen-bond acceptors (Lipinski definition) is 5. The molecule has 0 bridgehead atoms. The number of carbonyl (C=O) groups is 2. The molecule has 6 nitrogen and oxygen atoms in total. The highest BCUT2D eigenvalue weighted by Gasteiger charge is 2.25. The van der Waals surface area contributed by atoms with Crippen LogP contribution in [0.2, 0.25) is 5.02 Å². The van der Waals surface area contributed by atoms with Gasteiger partial charge < -0.3 is 14.5 Å². The minimum Gasteiger partial charge on any atom is -0.461 e. The third-order valence-electron chi connectivity index (χ3n) is 4.09. The molecule has 0 aliphatic carbocycles. The quantitative estimate of drug-likeness (QED) is 0.551. The van der Waals surface area contributed by atoms with E-state index < -0.39 is 11.6 Å². The number of nitrogens with zero attached hydrogens (tertiary/aromatic N) is 1. The standard InChI is InChI=1S/C23H23ClN2O4/c1-14(27)29-13-15-5-7-17(8-6-15)21-25-19(16-9-11-18(24)12-10-16)20(26-21)22(28)30-23(2,3)4/h5-12H,13H2,1-4H3,(H,25,26). The molecule has 0 atom stereocenters. The highest BCUT2D eigenvalue weighted by Crippen LogP contribution is 2.29. The van der Waals surface area contributed by atoms with Crippen molar-refractivity contribution in [1.29, 1.82) is 0 Å². The summed E-state index contributed by atoms with van der Waals surface area (Å²) in [7, 11) is 0. The SMILES string of the molecule is CC(=O)OCc1ccc(-c2nc(-c3ccc(Cl)cc3)c(C(=O)OC(C)(C)C)[nH]2)cc1. The van der Waals surface area contributed by atoms with E-state index in [0.29, 0.717) is 16.5 Å². The van der Waals surface area contributed by atoms with Crippen molar-refractivity contribution in [1.82, 2.24) is 9.97 Å². The van der Waals surface area contributed by atoms with Crippen LogP contribution < -0.4 is 0 Å². The number of H-pyrrole nitrogens is 1. The molecule has 30 heavy (non-hydrogen) atoms. The maximum absolute atomic E-state index is 12.8. The van der Waals surface area contributed by atoms with E-state index in [-0.39, 0.29) is 18.3 Å². The summed E-state index contributed by atoms with van der Waals surface area (Å²) in [5.41, 5.74) is 2.50. The summed E-state index contributed by atoms with van der Waals surface area (Å²) in [5.74, 6) is -0.294.